The Hall–Kier alpha value is -0.870. The van der Waals surface area contributed by atoms with E-state index in [2.05, 4.69) is 38.3 Å². The average Bonchev–Trinajstić information content (AvgIpc) is 2.53. The van der Waals surface area contributed by atoms with Gasteiger partial charge in [0.1, 0.15) is 0 Å². The lowest BCUT2D eigenvalue weighted by Crippen LogP contribution is -2.02. The van der Waals surface area contributed by atoms with Gasteiger partial charge in [0.05, 0.1) is 11.7 Å². The maximum absolute atomic E-state index is 5.49. The lowest BCUT2D eigenvalue weighted by molar-refractivity contribution is 0.970. The van der Waals surface area contributed by atoms with Crippen molar-refractivity contribution in [3.8, 4) is 0 Å². The fourth-order valence-corrected chi connectivity index (χ4v) is 2.00. The molecule has 0 aliphatic rings. The molecule has 1 heterocycles. The summed E-state index contributed by atoms with van der Waals surface area (Å²) in [4.78, 5) is 0. The summed E-state index contributed by atoms with van der Waals surface area (Å²) in [7, 11) is 0. The van der Waals surface area contributed by atoms with E-state index < -0.39 is 0 Å². The largest absolute Gasteiger partial charge is 0.330 e. The molecule has 0 radical (unpaired) electrons. The molecule has 0 saturated heterocycles. The van der Waals surface area contributed by atoms with E-state index in [1.807, 2.05) is 6.20 Å². The maximum Gasteiger partial charge on any atom is 0.0792 e. The van der Waals surface area contributed by atoms with Crippen LogP contribution in [0.5, 0.6) is 0 Å². The van der Waals surface area contributed by atoms with Crippen molar-refractivity contribution in [1.82, 2.24) is 10.2 Å². The number of nitrogens with one attached hydrogen (secondary N) is 1. The van der Waals surface area contributed by atoms with Gasteiger partial charge >= 0.3 is 0 Å². The molecule has 0 unspecified atom stereocenters. The molecule has 1 aromatic carbocycles. The summed E-state index contributed by atoms with van der Waals surface area (Å²) in [5.41, 5.74) is 7.77. The Morgan fingerprint density at radius 3 is 3.08 bits per heavy atom. The normalized spacial score (nSPS) is 10.9. The minimum Gasteiger partial charge on any atom is -0.330 e. The molecule has 0 bridgehead atoms. The molecule has 13 heavy (non-hydrogen) atoms. The number of benzene rings is 1. The second-order valence-corrected chi connectivity index (χ2v) is 3.80. The maximum atomic E-state index is 5.49. The molecule has 0 atom stereocenters. The smallest absolute Gasteiger partial charge is 0.0792 e. The fourth-order valence-electron chi connectivity index (χ4n) is 1.38. The highest BCUT2D eigenvalue weighted by Crippen LogP contribution is 2.23. The summed E-state index contributed by atoms with van der Waals surface area (Å²) in [5, 5.41) is 8.03. The van der Waals surface area contributed by atoms with Gasteiger partial charge < -0.3 is 5.73 Å². The zero-order chi connectivity index (χ0) is 9.26. The van der Waals surface area contributed by atoms with Crippen molar-refractivity contribution in [3.63, 3.8) is 0 Å². The van der Waals surface area contributed by atoms with Crippen molar-refractivity contribution in [1.29, 1.82) is 0 Å². The Morgan fingerprint density at radius 2 is 2.31 bits per heavy atom. The number of nitrogens with zero attached hydrogens (tertiary/aromatic N) is 1. The lowest BCUT2D eigenvalue weighted by atomic mass is 10.1. The van der Waals surface area contributed by atoms with Crippen LogP contribution in [0.1, 0.15) is 5.56 Å². The first-order valence-electron chi connectivity index (χ1n) is 4.13. The number of hydrogen-bond donors (Lipinski definition) is 2. The first kappa shape index (κ1) is 8.72. The summed E-state index contributed by atoms with van der Waals surface area (Å²) >= 11 is 3.48. The summed E-state index contributed by atoms with van der Waals surface area (Å²) in [6, 6.07) is 4.18. The van der Waals surface area contributed by atoms with Gasteiger partial charge in [0, 0.05) is 9.86 Å². The molecular weight excluding hydrogens is 230 g/mol. The molecule has 1 aromatic heterocycles. The number of H-pyrrole nitrogens is 1. The van der Waals surface area contributed by atoms with Crippen molar-refractivity contribution in [2.24, 2.45) is 5.73 Å². The minimum atomic E-state index is 0.676. The highest BCUT2D eigenvalue weighted by molar-refractivity contribution is 9.10. The first-order chi connectivity index (χ1) is 6.31. The van der Waals surface area contributed by atoms with Gasteiger partial charge in [0.25, 0.3) is 0 Å². The number of halogens is 1. The molecule has 0 amide bonds. The number of rotatable bonds is 2. The molecule has 4 heteroatoms. The van der Waals surface area contributed by atoms with Gasteiger partial charge in [0.2, 0.25) is 0 Å². The van der Waals surface area contributed by atoms with E-state index in [1.54, 1.807) is 0 Å². The SMILES string of the molecule is NCCc1cc(Br)c2[nH]ncc2c1. The predicted molar refractivity (Wildman–Crippen MR) is 56.6 cm³/mol. The number of fused-ring (bicyclic) bond motifs is 1. The third-order valence-electron chi connectivity index (χ3n) is 1.99. The van der Waals surface area contributed by atoms with E-state index in [0.29, 0.717) is 6.54 Å². The van der Waals surface area contributed by atoms with Crippen LogP contribution in [0.3, 0.4) is 0 Å². The number of hydrogen-bond acceptors (Lipinski definition) is 2. The summed E-state index contributed by atoms with van der Waals surface area (Å²) in [5.74, 6) is 0. The van der Waals surface area contributed by atoms with E-state index in [0.717, 1.165) is 21.8 Å². The summed E-state index contributed by atoms with van der Waals surface area (Å²) in [6.07, 6.45) is 2.72. The van der Waals surface area contributed by atoms with Crippen LogP contribution in [-0.2, 0) is 6.42 Å². The van der Waals surface area contributed by atoms with Crippen molar-refractivity contribution < 1.29 is 0 Å². The van der Waals surface area contributed by atoms with Crippen LogP contribution < -0.4 is 5.73 Å². The van der Waals surface area contributed by atoms with Crippen molar-refractivity contribution in [2.45, 2.75) is 6.42 Å². The molecule has 0 fully saturated rings. The van der Waals surface area contributed by atoms with Crippen LogP contribution in [0, 0.1) is 0 Å². The highest BCUT2D eigenvalue weighted by Gasteiger charge is 2.02. The Balaban J connectivity index is 2.56. The average molecular weight is 240 g/mol. The van der Waals surface area contributed by atoms with Gasteiger partial charge in [-0.3, -0.25) is 5.10 Å². The zero-order valence-electron chi connectivity index (χ0n) is 7.05. The van der Waals surface area contributed by atoms with Crippen LogP contribution in [0.2, 0.25) is 0 Å². The van der Waals surface area contributed by atoms with E-state index in [-0.39, 0.29) is 0 Å². The molecular formula is C9H10BrN3. The van der Waals surface area contributed by atoms with Crippen LogP contribution >= 0.6 is 15.9 Å². The van der Waals surface area contributed by atoms with Gasteiger partial charge in [-0.25, -0.2) is 0 Å². The predicted octanol–water partition coefficient (Wildman–Crippen LogP) is 1.83. The Kier molecular flexibility index (Phi) is 2.33. The topological polar surface area (TPSA) is 54.7 Å². The Morgan fingerprint density at radius 1 is 1.46 bits per heavy atom. The second kappa shape index (κ2) is 3.47. The van der Waals surface area contributed by atoms with Crippen LogP contribution in [-0.4, -0.2) is 16.7 Å². The van der Waals surface area contributed by atoms with Crippen molar-refractivity contribution >= 4 is 26.8 Å². The van der Waals surface area contributed by atoms with E-state index in [1.165, 1.54) is 5.56 Å². The molecule has 2 rings (SSSR count). The molecule has 0 aliphatic heterocycles. The van der Waals surface area contributed by atoms with Crippen molar-refractivity contribution in [2.75, 3.05) is 6.54 Å². The van der Waals surface area contributed by atoms with E-state index in [9.17, 15) is 0 Å². The quantitative estimate of drug-likeness (QED) is 0.841. The van der Waals surface area contributed by atoms with Gasteiger partial charge in [-0.2, -0.15) is 5.10 Å². The summed E-state index contributed by atoms with van der Waals surface area (Å²) < 4.78 is 1.05. The van der Waals surface area contributed by atoms with Gasteiger partial charge in [-0.1, -0.05) is 0 Å². The fraction of sp³-hybridized carbons (Fsp3) is 0.222. The van der Waals surface area contributed by atoms with Crippen molar-refractivity contribution in [3.05, 3.63) is 28.4 Å². The molecule has 2 aromatic rings. The molecule has 0 spiro atoms. The molecule has 0 aliphatic carbocycles. The monoisotopic (exact) mass is 239 g/mol. The van der Waals surface area contributed by atoms with E-state index >= 15 is 0 Å². The summed E-state index contributed by atoms with van der Waals surface area (Å²) in [6.45, 7) is 0.676. The van der Waals surface area contributed by atoms with E-state index in [4.69, 9.17) is 5.73 Å². The standard InChI is InChI=1S/C9H10BrN3/c10-8-4-6(1-2-11)3-7-5-12-13-9(7)8/h3-5H,1-2,11H2,(H,12,13). The van der Waals surface area contributed by atoms with Crippen LogP contribution in [0.4, 0.5) is 0 Å². The molecule has 3 nitrogen and oxygen atoms in total. The Bertz CT molecular complexity index is 422. The highest BCUT2D eigenvalue weighted by atomic mass is 79.9. The Labute approximate surface area is 84.4 Å². The number of aromatic amines is 1. The van der Waals surface area contributed by atoms with Gasteiger partial charge in [-0.05, 0) is 46.6 Å². The zero-order valence-corrected chi connectivity index (χ0v) is 8.63. The van der Waals surface area contributed by atoms with Crippen LogP contribution in [0.15, 0.2) is 22.8 Å². The second-order valence-electron chi connectivity index (χ2n) is 2.95. The third-order valence-corrected chi connectivity index (χ3v) is 2.62. The lowest BCUT2D eigenvalue weighted by Gasteiger charge is -2.00. The first-order valence-corrected chi connectivity index (χ1v) is 4.92. The molecule has 0 saturated carbocycles. The minimum absolute atomic E-state index is 0.676. The van der Waals surface area contributed by atoms with Gasteiger partial charge in [-0.15, -0.1) is 0 Å². The molecule has 3 N–H and O–H groups in total. The van der Waals surface area contributed by atoms with Crippen LogP contribution in [0.25, 0.3) is 10.9 Å². The van der Waals surface area contributed by atoms with Gasteiger partial charge in [0.15, 0.2) is 0 Å². The molecule has 68 valence electrons. The number of aromatic nitrogens is 2. The third kappa shape index (κ3) is 1.59. The number of nitrogens with two attached hydrogens (primary N) is 1.